The standard InChI is InChI=1S/C17H13N3.C4H4O4/c1-3-7-16-14(5-1)15-6-2-4-8-17(15)20(16)19-13-9-11-18-12-10-13;5-3(6)1-2-4(7)8/h1-12H,(H,18,19);1-2H,(H,5,6)(H,7,8). The van der Waals surface area contributed by atoms with Crippen molar-refractivity contribution >= 4 is 39.4 Å². The van der Waals surface area contributed by atoms with Crippen LogP contribution < -0.4 is 5.43 Å². The van der Waals surface area contributed by atoms with Crippen LogP contribution in [-0.2, 0) is 9.59 Å². The molecule has 2 aromatic heterocycles. The second-order valence-corrected chi connectivity index (χ2v) is 5.73. The molecule has 3 N–H and O–H groups in total. The third-order valence-electron chi connectivity index (χ3n) is 3.87. The molecule has 0 fully saturated rings. The summed E-state index contributed by atoms with van der Waals surface area (Å²) in [6.45, 7) is 0. The van der Waals surface area contributed by atoms with Gasteiger partial charge in [0.05, 0.1) is 16.7 Å². The Kier molecular flexibility index (Phi) is 5.66. The van der Waals surface area contributed by atoms with Gasteiger partial charge in [-0.25, -0.2) is 9.59 Å². The normalized spacial score (nSPS) is 10.6. The molecule has 0 saturated carbocycles. The number of carboxylic acids is 2. The molecule has 0 saturated heterocycles. The number of rotatable bonds is 4. The Morgan fingerprint density at radius 3 is 1.71 bits per heavy atom. The van der Waals surface area contributed by atoms with E-state index in [1.165, 1.54) is 21.8 Å². The van der Waals surface area contributed by atoms with Crippen LogP contribution in [0, 0.1) is 0 Å². The van der Waals surface area contributed by atoms with Crippen LogP contribution in [0.2, 0.25) is 0 Å². The molecule has 0 unspecified atom stereocenters. The fraction of sp³-hybridized carbons (Fsp3) is 0. The fourth-order valence-corrected chi connectivity index (χ4v) is 2.74. The number of para-hydroxylation sites is 2. The molecule has 0 amide bonds. The first-order valence-corrected chi connectivity index (χ1v) is 8.35. The molecule has 2 aromatic carbocycles. The Hall–Kier alpha value is -4.13. The van der Waals surface area contributed by atoms with Gasteiger partial charge in [-0.15, -0.1) is 0 Å². The second-order valence-electron chi connectivity index (χ2n) is 5.73. The van der Waals surface area contributed by atoms with E-state index in [4.69, 9.17) is 10.2 Å². The molecule has 2 heterocycles. The largest absolute Gasteiger partial charge is 0.478 e. The van der Waals surface area contributed by atoms with E-state index in [9.17, 15) is 9.59 Å². The number of benzene rings is 2. The molecule has 0 aliphatic heterocycles. The third-order valence-corrected chi connectivity index (χ3v) is 3.87. The summed E-state index contributed by atoms with van der Waals surface area (Å²) in [5.41, 5.74) is 6.81. The number of hydrogen-bond donors (Lipinski definition) is 3. The lowest BCUT2D eigenvalue weighted by molar-refractivity contribution is -0.134. The van der Waals surface area contributed by atoms with Gasteiger partial charge in [-0.1, -0.05) is 36.4 Å². The number of carbonyl (C=O) groups is 2. The highest BCUT2D eigenvalue weighted by atomic mass is 16.4. The summed E-state index contributed by atoms with van der Waals surface area (Å²) in [4.78, 5) is 23.2. The van der Waals surface area contributed by atoms with Crippen LogP contribution in [0.5, 0.6) is 0 Å². The van der Waals surface area contributed by atoms with E-state index in [2.05, 4.69) is 63.6 Å². The van der Waals surface area contributed by atoms with Crippen LogP contribution in [0.25, 0.3) is 21.8 Å². The van der Waals surface area contributed by atoms with Crippen molar-refractivity contribution in [1.82, 2.24) is 9.66 Å². The maximum atomic E-state index is 9.55. The van der Waals surface area contributed by atoms with Gasteiger partial charge in [-0.3, -0.25) is 15.1 Å². The first-order valence-electron chi connectivity index (χ1n) is 8.35. The Bertz CT molecular complexity index is 1080. The topological polar surface area (TPSA) is 104 Å². The number of aromatic nitrogens is 2. The fourth-order valence-electron chi connectivity index (χ4n) is 2.74. The van der Waals surface area contributed by atoms with Gasteiger partial charge in [0.1, 0.15) is 0 Å². The molecule has 0 aliphatic rings. The van der Waals surface area contributed by atoms with Crippen molar-refractivity contribution in [2.24, 2.45) is 0 Å². The zero-order valence-electron chi connectivity index (χ0n) is 14.7. The summed E-state index contributed by atoms with van der Waals surface area (Å²) >= 11 is 0. The summed E-state index contributed by atoms with van der Waals surface area (Å²) < 4.78 is 2.12. The molecule has 0 radical (unpaired) electrons. The van der Waals surface area contributed by atoms with Crippen molar-refractivity contribution in [3.8, 4) is 0 Å². The van der Waals surface area contributed by atoms with Gasteiger partial charge in [0, 0.05) is 35.3 Å². The first-order chi connectivity index (χ1) is 13.6. The van der Waals surface area contributed by atoms with Gasteiger partial charge in [-0.2, -0.15) is 0 Å². The molecule has 7 heteroatoms. The lowest BCUT2D eigenvalue weighted by Crippen LogP contribution is -2.08. The minimum atomic E-state index is -1.26. The Morgan fingerprint density at radius 2 is 1.25 bits per heavy atom. The van der Waals surface area contributed by atoms with E-state index >= 15 is 0 Å². The van der Waals surface area contributed by atoms with E-state index < -0.39 is 11.9 Å². The van der Waals surface area contributed by atoms with Crippen LogP contribution >= 0.6 is 0 Å². The Balaban J connectivity index is 0.000000242. The van der Waals surface area contributed by atoms with Crippen molar-refractivity contribution in [2.45, 2.75) is 0 Å². The Labute approximate surface area is 160 Å². The van der Waals surface area contributed by atoms with E-state index in [-0.39, 0.29) is 0 Å². The summed E-state index contributed by atoms with van der Waals surface area (Å²) in [5.74, 6) is -2.51. The number of fused-ring (bicyclic) bond motifs is 3. The average Bonchev–Trinajstić information content (AvgIpc) is 3.02. The van der Waals surface area contributed by atoms with Crippen molar-refractivity contribution in [2.75, 3.05) is 5.43 Å². The van der Waals surface area contributed by atoms with Gasteiger partial charge in [-0.05, 0) is 24.3 Å². The molecule has 0 spiro atoms. The van der Waals surface area contributed by atoms with Gasteiger partial charge in [0.15, 0.2) is 0 Å². The monoisotopic (exact) mass is 375 g/mol. The van der Waals surface area contributed by atoms with Crippen LogP contribution in [0.3, 0.4) is 0 Å². The predicted molar refractivity (Wildman–Crippen MR) is 107 cm³/mol. The van der Waals surface area contributed by atoms with Gasteiger partial charge in [0.2, 0.25) is 0 Å². The number of aliphatic carboxylic acids is 2. The van der Waals surface area contributed by atoms with Crippen molar-refractivity contribution in [1.29, 1.82) is 0 Å². The number of anilines is 1. The van der Waals surface area contributed by atoms with Gasteiger partial charge < -0.3 is 10.2 Å². The number of nitrogens with zero attached hydrogens (tertiary/aromatic N) is 2. The number of carboxylic acid groups (broad SMARTS) is 2. The summed E-state index contributed by atoms with van der Waals surface area (Å²) in [6, 6.07) is 20.8. The predicted octanol–water partition coefficient (Wildman–Crippen LogP) is 3.78. The van der Waals surface area contributed by atoms with E-state index in [1.54, 1.807) is 12.4 Å². The zero-order valence-corrected chi connectivity index (χ0v) is 14.7. The van der Waals surface area contributed by atoms with Crippen LogP contribution in [-0.4, -0.2) is 31.8 Å². The van der Waals surface area contributed by atoms with Gasteiger partial charge >= 0.3 is 11.9 Å². The average molecular weight is 375 g/mol. The summed E-state index contributed by atoms with van der Waals surface area (Å²) in [7, 11) is 0. The van der Waals surface area contributed by atoms with Crippen LogP contribution in [0.1, 0.15) is 0 Å². The van der Waals surface area contributed by atoms with E-state index in [0.717, 1.165) is 5.69 Å². The molecule has 4 aromatic rings. The molecular weight excluding hydrogens is 358 g/mol. The number of hydrogen-bond acceptors (Lipinski definition) is 4. The van der Waals surface area contributed by atoms with Crippen molar-refractivity contribution in [3.63, 3.8) is 0 Å². The molecule has 28 heavy (non-hydrogen) atoms. The van der Waals surface area contributed by atoms with Crippen LogP contribution in [0.15, 0.2) is 85.2 Å². The molecule has 0 aliphatic carbocycles. The quantitative estimate of drug-likeness (QED) is 0.469. The van der Waals surface area contributed by atoms with Crippen LogP contribution in [0.4, 0.5) is 5.69 Å². The minimum absolute atomic E-state index is 0.558. The lowest BCUT2D eigenvalue weighted by Gasteiger charge is -2.10. The SMILES string of the molecule is O=C(O)C=CC(=O)O.c1ccc2c(c1)c1ccccc1n2Nc1ccncc1. The molecular formula is C21H17N3O4. The van der Waals surface area contributed by atoms with Gasteiger partial charge in [0.25, 0.3) is 0 Å². The number of pyridine rings is 1. The Morgan fingerprint density at radius 1 is 0.786 bits per heavy atom. The van der Waals surface area contributed by atoms with Crippen molar-refractivity contribution < 1.29 is 19.8 Å². The maximum absolute atomic E-state index is 9.55. The summed E-state index contributed by atoms with van der Waals surface area (Å²) in [6.07, 6.45) is 4.69. The molecule has 4 rings (SSSR count). The molecule has 0 bridgehead atoms. The first kappa shape index (κ1) is 18.7. The third kappa shape index (κ3) is 4.34. The van der Waals surface area contributed by atoms with E-state index in [1.807, 2.05) is 12.1 Å². The highest BCUT2D eigenvalue weighted by Gasteiger charge is 2.09. The van der Waals surface area contributed by atoms with Crippen molar-refractivity contribution in [3.05, 3.63) is 85.2 Å². The molecule has 0 atom stereocenters. The lowest BCUT2D eigenvalue weighted by atomic mass is 10.2. The maximum Gasteiger partial charge on any atom is 0.328 e. The highest BCUT2D eigenvalue weighted by molar-refractivity contribution is 6.08. The van der Waals surface area contributed by atoms with E-state index in [0.29, 0.717) is 12.2 Å². The summed E-state index contributed by atoms with van der Waals surface area (Å²) in [5, 5.41) is 18.1. The number of nitrogens with one attached hydrogen (secondary N) is 1. The minimum Gasteiger partial charge on any atom is -0.478 e. The second kappa shape index (κ2) is 8.50. The smallest absolute Gasteiger partial charge is 0.328 e. The molecule has 7 nitrogen and oxygen atoms in total. The molecule has 140 valence electrons. The zero-order chi connectivity index (χ0) is 19.9. The highest BCUT2D eigenvalue weighted by Crippen LogP contribution is 2.28.